The van der Waals surface area contributed by atoms with Gasteiger partial charge in [0, 0.05) is 65.6 Å². The number of carbonyl (C=O) groups is 2. The molecule has 8 aromatic heterocycles. The highest BCUT2D eigenvalue weighted by molar-refractivity contribution is 7.19. The summed E-state index contributed by atoms with van der Waals surface area (Å²) in [5, 5.41) is 27.6. The molecule has 1 amide bonds. The largest absolute Gasteiger partial charge is 0.481 e. The van der Waals surface area contributed by atoms with Crippen molar-refractivity contribution in [2.45, 2.75) is 57.0 Å². The summed E-state index contributed by atoms with van der Waals surface area (Å²) in [7, 11) is 2.17. The maximum atomic E-state index is 13.4. The Morgan fingerprint density at radius 1 is 0.754 bits per heavy atom. The number of rotatable bonds is 6. The Balaban J connectivity index is 0.000000142. The smallest absolute Gasteiger partial charge is 0.306 e. The zero-order valence-corrected chi connectivity index (χ0v) is 35.9. The lowest BCUT2D eigenvalue weighted by Gasteiger charge is -2.35. The number of aliphatic carboxylic acids is 1. The number of aryl methyl sites for hydroxylation is 2. The molecule has 2 aliphatic heterocycles. The van der Waals surface area contributed by atoms with Crippen molar-refractivity contribution in [3.05, 3.63) is 92.6 Å². The highest BCUT2D eigenvalue weighted by Gasteiger charge is 2.45. The zero-order valence-electron chi connectivity index (χ0n) is 32.8. The molecule has 15 nitrogen and oxygen atoms in total. The molecule has 0 spiro atoms. The second-order valence-corrected chi connectivity index (χ2v) is 19.2. The van der Waals surface area contributed by atoms with Crippen LogP contribution in [0.4, 0.5) is 23.0 Å². The number of hydrogen-bond acceptors (Lipinski definition) is 13. The van der Waals surface area contributed by atoms with Crippen LogP contribution in [-0.4, -0.2) is 98.2 Å². The molecule has 2 bridgehead atoms. The molecular weight excluding hydrogens is 856 g/mol. The van der Waals surface area contributed by atoms with Gasteiger partial charge in [-0.05, 0) is 87.4 Å². The van der Waals surface area contributed by atoms with E-state index in [0.29, 0.717) is 53.1 Å². The van der Waals surface area contributed by atoms with Gasteiger partial charge in [0.25, 0.3) is 0 Å². The van der Waals surface area contributed by atoms with Gasteiger partial charge in [0.2, 0.25) is 5.91 Å². The van der Waals surface area contributed by atoms with Crippen LogP contribution >= 0.6 is 45.9 Å². The summed E-state index contributed by atoms with van der Waals surface area (Å²) in [5.74, 6) is 0.800. The molecular formula is C42H38Cl2N12O3S2. The Morgan fingerprint density at radius 3 is 1.80 bits per heavy atom. The maximum Gasteiger partial charge on any atom is 0.306 e. The number of halogens is 2. The molecule has 4 aliphatic rings. The molecule has 0 saturated carbocycles. The van der Waals surface area contributed by atoms with E-state index in [4.69, 9.17) is 23.2 Å². The van der Waals surface area contributed by atoms with Crippen LogP contribution in [0.5, 0.6) is 0 Å². The minimum Gasteiger partial charge on any atom is -0.481 e. The molecule has 61 heavy (non-hydrogen) atoms. The Kier molecular flexibility index (Phi) is 9.56. The van der Waals surface area contributed by atoms with Gasteiger partial charge >= 0.3 is 5.97 Å². The molecule has 2 saturated heterocycles. The quantitative estimate of drug-likeness (QED) is 0.149. The van der Waals surface area contributed by atoms with E-state index in [2.05, 4.69) is 57.6 Å². The summed E-state index contributed by atoms with van der Waals surface area (Å²) in [6, 6.07) is 8.65. The standard InChI is InChI=1S/C24H24ClN7OS.C18H14ClN5O2S/c1-30-9-16-7-15(30)10-31(16)24(33)13-2-3-17-20(6-13)34-23-21(17)22(26-12-27-23)29-19-8-14-4-5-28-32(14)11-18(19)25;19-12-7-24-10(3-4-22-24)6-13(12)23-16-15-11-2-1-9(18(25)26)5-14(11)27-17(15)21-8-20-16/h4-5,8,11-13,15-16H,2-3,6-7,9-10H2,1H3,(H,26,27,29);3-4,6-9H,1-2,5H2,(H,25,26)(H,20,21,23)/t13-,15+,16+;9-/m00/s1. The number of likely N-dealkylation sites (tertiary alicyclic amines) is 2. The van der Waals surface area contributed by atoms with Gasteiger partial charge in [0.15, 0.2) is 0 Å². The minimum atomic E-state index is -0.733. The van der Waals surface area contributed by atoms with Crippen LogP contribution in [0.1, 0.15) is 40.1 Å². The van der Waals surface area contributed by atoms with E-state index in [-0.39, 0.29) is 11.8 Å². The molecule has 310 valence electrons. The predicted molar refractivity (Wildman–Crippen MR) is 237 cm³/mol. The van der Waals surface area contributed by atoms with Gasteiger partial charge in [-0.3, -0.25) is 14.5 Å². The first-order chi connectivity index (χ1) is 29.6. The third kappa shape index (κ3) is 6.82. The van der Waals surface area contributed by atoms with E-state index in [1.807, 2.05) is 24.3 Å². The SMILES string of the molecule is CN1C[C@H]2C[C@@H]1CN2C(=O)[C@H]1CCc2c(sc3ncnc(Nc4cc5ccnn5cc4Cl)c23)C1.O=C(O)[C@H]1CCc2c(sc3ncnc(Nc4cc5ccnn5cc4Cl)c23)C1. The Bertz CT molecular complexity index is 3050. The number of anilines is 4. The molecule has 12 rings (SSSR count). The molecule has 19 heteroatoms. The number of piperazine rings is 1. The summed E-state index contributed by atoms with van der Waals surface area (Å²) >= 11 is 16.2. The predicted octanol–water partition coefficient (Wildman–Crippen LogP) is 7.68. The number of amides is 1. The van der Waals surface area contributed by atoms with Crippen molar-refractivity contribution < 1.29 is 14.7 Å². The summed E-state index contributed by atoms with van der Waals surface area (Å²) < 4.78 is 3.46. The van der Waals surface area contributed by atoms with Crippen LogP contribution in [0.15, 0.2) is 61.7 Å². The zero-order chi connectivity index (χ0) is 41.5. The van der Waals surface area contributed by atoms with Crippen molar-refractivity contribution >= 4 is 112 Å². The van der Waals surface area contributed by atoms with Crippen LogP contribution in [0.25, 0.3) is 31.5 Å². The highest BCUT2D eigenvalue weighted by Crippen LogP contribution is 2.43. The van der Waals surface area contributed by atoms with Crippen molar-refractivity contribution in [3.8, 4) is 0 Å². The van der Waals surface area contributed by atoms with E-state index in [1.54, 1.807) is 62.8 Å². The molecule has 3 N–H and O–H groups in total. The number of pyridine rings is 2. The molecule has 4 atom stereocenters. The Labute approximate surface area is 366 Å². The Hall–Kier alpha value is -5.46. The molecule has 10 heterocycles. The van der Waals surface area contributed by atoms with E-state index in [0.717, 1.165) is 97.9 Å². The van der Waals surface area contributed by atoms with Crippen LogP contribution < -0.4 is 10.6 Å². The number of carboxylic acid groups (broad SMARTS) is 1. The topological polar surface area (TPSA) is 171 Å². The van der Waals surface area contributed by atoms with Crippen molar-refractivity contribution in [3.63, 3.8) is 0 Å². The Morgan fingerprint density at radius 2 is 1.30 bits per heavy atom. The van der Waals surface area contributed by atoms with E-state index < -0.39 is 5.97 Å². The van der Waals surface area contributed by atoms with Gasteiger partial charge < -0.3 is 20.6 Å². The van der Waals surface area contributed by atoms with Gasteiger partial charge in [-0.25, -0.2) is 29.0 Å². The number of fused-ring (bicyclic) bond motifs is 10. The van der Waals surface area contributed by atoms with Gasteiger partial charge in [-0.2, -0.15) is 10.2 Å². The molecule has 0 radical (unpaired) electrons. The number of likely N-dealkylation sites (N-methyl/N-ethyl adjacent to an activating group) is 1. The molecule has 0 unspecified atom stereocenters. The van der Waals surface area contributed by atoms with Crippen LogP contribution in [0.3, 0.4) is 0 Å². The van der Waals surface area contributed by atoms with Crippen molar-refractivity contribution in [1.29, 1.82) is 0 Å². The molecule has 8 aromatic rings. The normalized spacial score (nSPS) is 20.9. The number of thiophene rings is 2. The fraction of sp³-hybridized carbons (Fsp3) is 0.333. The number of carbonyl (C=O) groups excluding carboxylic acids is 1. The summed E-state index contributed by atoms with van der Waals surface area (Å²) in [6.45, 7) is 1.90. The number of carboxylic acids is 1. The third-order valence-corrected chi connectivity index (χ3v) is 15.6. The monoisotopic (exact) mass is 892 g/mol. The number of nitrogens with one attached hydrogen (secondary N) is 2. The van der Waals surface area contributed by atoms with E-state index in [9.17, 15) is 14.7 Å². The van der Waals surface area contributed by atoms with E-state index in [1.165, 1.54) is 16.8 Å². The first-order valence-corrected chi connectivity index (χ1v) is 22.6. The van der Waals surface area contributed by atoms with Gasteiger partial charge in [0.1, 0.15) is 34.0 Å². The van der Waals surface area contributed by atoms with E-state index >= 15 is 0 Å². The average molecular weight is 894 g/mol. The van der Waals surface area contributed by atoms with Crippen LogP contribution in [-0.2, 0) is 35.3 Å². The lowest BCUT2D eigenvalue weighted by molar-refractivity contribution is -0.142. The second-order valence-electron chi connectivity index (χ2n) is 16.2. The maximum absolute atomic E-state index is 13.4. The lowest BCUT2D eigenvalue weighted by Crippen LogP contribution is -2.49. The molecule has 2 aliphatic carbocycles. The first kappa shape index (κ1) is 38.5. The fourth-order valence-corrected chi connectivity index (χ4v) is 12.5. The molecule has 2 fully saturated rings. The highest BCUT2D eigenvalue weighted by atomic mass is 35.5. The van der Waals surface area contributed by atoms with Gasteiger partial charge in [0.05, 0.1) is 49.1 Å². The summed E-state index contributed by atoms with van der Waals surface area (Å²) in [5.41, 5.74) is 5.82. The van der Waals surface area contributed by atoms with Gasteiger partial charge in [-0.15, -0.1) is 22.7 Å². The van der Waals surface area contributed by atoms with Crippen molar-refractivity contribution in [2.75, 3.05) is 30.8 Å². The fourth-order valence-electron chi connectivity index (χ4n) is 9.53. The number of nitrogens with zero attached hydrogens (tertiary/aromatic N) is 10. The number of aromatic nitrogens is 8. The van der Waals surface area contributed by atoms with Gasteiger partial charge in [-0.1, -0.05) is 23.2 Å². The lowest BCUT2D eigenvalue weighted by atomic mass is 9.86. The third-order valence-electron chi connectivity index (χ3n) is 12.7. The van der Waals surface area contributed by atoms with Crippen molar-refractivity contribution in [1.82, 2.24) is 49.0 Å². The first-order valence-electron chi connectivity index (χ1n) is 20.2. The molecule has 0 aromatic carbocycles. The van der Waals surface area contributed by atoms with Crippen LogP contribution in [0.2, 0.25) is 10.0 Å². The van der Waals surface area contributed by atoms with Crippen molar-refractivity contribution in [2.24, 2.45) is 11.8 Å². The van der Waals surface area contributed by atoms with Crippen LogP contribution in [0, 0.1) is 11.8 Å². The number of hydrogen-bond donors (Lipinski definition) is 3. The summed E-state index contributed by atoms with van der Waals surface area (Å²) in [4.78, 5) is 51.4. The second kappa shape index (κ2) is 15.2. The summed E-state index contributed by atoms with van der Waals surface area (Å²) in [6.07, 6.45) is 15.7. The average Bonchev–Trinajstić information content (AvgIpc) is 4.12. The minimum absolute atomic E-state index is 0.0632.